The van der Waals surface area contributed by atoms with Gasteiger partial charge in [-0.15, -0.1) is 12.6 Å². The SMILES string of the molecule is CCCCOc1cc2c(cc1S)c1cc(OCCCC)c(OCCCC)cc1c1cc(OCCCC)c(OCCCC)cc21. The van der Waals surface area contributed by atoms with Crippen LogP contribution in [-0.2, 0) is 0 Å². The van der Waals surface area contributed by atoms with Gasteiger partial charge in [0, 0.05) is 4.90 Å². The summed E-state index contributed by atoms with van der Waals surface area (Å²) in [6.07, 6.45) is 10.3. The molecular weight excluding hydrogens is 568 g/mol. The molecule has 0 spiro atoms. The topological polar surface area (TPSA) is 46.2 Å². The lowest BCUT2D eigenvalue weighted by molar-refractivity contribution is 0.262. The zero-order valence-electron chi connectivity index (χ0n) is 27.6. The minimum Gasteiger partial charge on any atom is -0.492 e. The van der Waals surface area contributed by atoms with Crippen LogP contribution in [-0.4, -0.2) is 33.0 Å². The van der Waals surface area contributed by atoms with Crippen molar-refractivity contribution in [3.8, 4) is 28.7 Å². The van der Waals surface area contributed by atoms with Crippen LogP contribution in [0.3, 0.4) is 0 Å². The molecule has 0 heterocycles. The predicted molar refractivity (Wildman–Crippen MR) is 188 cm³/mol. The number of ether oxygens (including phenoxy) is 5. The van der Waals surface area contributed by atoms with Gasteiger partial charge in [0.1, 0.15) is 5.75 Å². The second kappa shape index (κ2) is 17.5. The first-order chi connectivity index (χ1) is 21.6. The highest BCUT2D eigenvalue weighted by molar-refractivity contribution is 7.80. The second-order valence-corrected chi connectivity index (χ2v) is 12.0. The molecule has 0 aliphatic heterocycles. The third-order valence-corrected chi connectivity index (χ3v) is 8.26. The molecule has 4 rings (SSSR count). The van der Waals surface area contributed by atoms with E-state index in [9.17, 15) is 0 Å². The van der Waals surface area contributed by atoms with Gasteiger partial charge in [0.05, 0.1) is 33.0 Å². The number of unbranched alkanes of at least 4 members (excludes halogenated alkanes) is 5. The summed E-state index contributed by atoms with van der Waals surface area (Å²) in [4.78, 5) is 0.824. The van der Waals surface area contributed by atoms with Crippen molar-refractivity contribution in [1.82, 2.24) is 0 Å². The van der Waals surface area contributed by atoms with Gasteiger partial charge in [0.25, 0.3) is 0 Å². The molecule has 240 valence electrons. The summed E-state index contributed by atoms with van der Waals surface area (Å²) < 4.78 is 31.7. The molecule has 0 fully saturated rings. The molecule has 0 atom stereocenters. The molecule has 0 amide bonds. The number of thiol groups is 1. The second-order valence-electron chi connectivity index (χ2n) is 11.6. The highest BCUT2D eigenvalue weighted by Crippen LogP contribution is 2.46. The van der Waals surface area contributed by atoms with Crippen molar-refractivity contribution in [2.75, 3.05) is 33.0 Å². The molecule has 0 bridgehead atoms. The molecule has 0 radical (unpaired) electrons. The van der Waals surface area contributed by atoms with Crippen LogP contribution in [0.5, 0.6) is 28.7 Å². The summed E-state index contributed by atoms with van der Waals surface area (Å²) in [6.45, 7) is 14.1. The van der Waals surface area contributed by atoms with E-state index in [4.69, 9.17) is 36.3 Å². The Bertz CT molecular complexity index is 1450. The maximum absolute atomic E-state index is 6.37. The third-order valence-electron chi connectivity index (χ3n) is 7.91. The molecule has 0 aliphatic rings. The summed E-state index contributed by atoms with van der Waals surface area (Å²) in [7, 11) is 0. The largest absolute Gasteiger partial charge is 0.492 e. The fourth-order valence-corrected chi connectivity index (χ4v) is 5.48. The molecule has 4 aromatic carbocycles. The average molecular weight is 621 g/mol. The Kier molecular flexibility index (Phi) is 13.5. The minimum absolute atomic E-state index is 0.650. The van der Waals surface area contributed by atoms with Crippen LogP contribution in [0.15, 0.2) is 41.3 Å². The smallest absolute Gasteiger partial charge is 0.161 e. The first-order valence-electron chi connectivity index (χ1n) is 16.9. The van der Waals surface area contributed by atoms with Crippen LogP contribution in [0, 0.1) is 0 Å². The van der Waals surface area contributed by atoms with E-state index in [1.165, 1.54) is 0 Å². The van der Waals surface area contributed by atoms with Gasteiger partial charge >= 0.3 is 0 Å². The van der Waals surface area contributed by atoms with Crippen molar-refractivity contribution in [3.05, 3.63) is 36.4 Å². The highest BCUT2D eigenvalue weighted by atomic mass is 32.1. The maximum Gasteiger partial charge on any atom is 0.161 e. The van der Waals surface area contributed by atoms with Crippen molar-refractivity contribution in [2.24, 2.45) is 0 Å². The van der Waals surface area contributed by atoms with Gasteiger partial charge in [-0.3, -0.25) is 0 Å². The number of hydrogen-bond donors (Lipinski definition) is 1. The molecule has 0 aliphatic carbocycles. The first-order valence-corrected chi connectivity index (χ1v) is 17.4. The van der Waals surface area contributed by atoms with Crippen molar-refractivity contribution >= 4 is 44.9 Å². The van der Waals surface area contributed by atoms with Crippen LogP contribution in [0.25, 0.3) is 32.3 Å². The molecule has 0 aromatic heterocycles. The maximum atomic E-state index is 6.37. The monoisotopic (exact) mass is 620 g/mol. The molecule has 0 saturated heterocycles. The van der Waals surface area contributed by atoms with Gasteiger partial charge in [0.15, 0.2) is 23.0 Å². The lowest BCUT2D eigenvalue weighted by atomic mass is 9.93. The molecule has 0 saturated carbocycles. The molecule has 4 aromatic rings. The van der Waals surface area contributed by atoms with Crippen molar-refractivity contribution in [2.45, 2.75) is 104 Å². The van der Waals surface area contributed by atoms with E-state index in [1.54, 1.807) is 0 Å². The average Bonchev–Trinajstić information content (AvgIpc) is 3.02. The Morgan fingerprint density at radius 3 is 0.864 bits per heavy atom. The summed E-state index contributed by atoms with van der Waals surface area (Å²) in [5.74, 6) is 3.93. The van der Waals surface area contributed by atoms with E-state index in [-0.39, 0.29) is 0 Å². The molecule has 0 N–H and O–H groups in total. The van der Waals surface area contributed by atoms with Gasteiger partial charge in [-0.05, 0) is 101 Å². The standard InChI is InChI=1S/C38H52O5S/c1-6-11-16-39-33-21-27-28-22-34(40-17-12-7-2)36(42-19-14-9-4)24-30(28)32-26-38(44)37(43-20-15-10-5)25-31(32)29(27)23-35(33)41-18-13-8-3/h21-26,44H,6-20H2,1-5H3. The zero-order valence-corrected chi connectivity index (χ0v) is 28.5. The summed E-state index contributed by atoms with van der Waals surface area (Å²) in [5.41, 5.74) is 0. The zero-order chi connectivity index (χ0) is 31.3. The van der Waals surface area contributed by atoms with E-state index in [0.29, 0.717) is 33.0 Å². The molecule has 5 nitrogen and oxygen atoms in total. The Labute approximate surface area is 269 Å². The van der Waals surface area contributed by atoms with Crippen LogP contribution < -0.4 is 23.7 Å². The minimum atomic E-state index is 0.650. The van der Waals surface area contributed by atoms with Crippen LogP contribution in [0.2, 0.25) is 0 Å². The quantitative estimate of drug-likeness (QED) is 0.0605. The third kappa shape index (κ3) is 8.38. The van der Waals surface area contributed by atoms with Gasteiger partial charge in [-0.2, -0.15) is 0 Å². The van der Waals surface area contributed by atoms with Crippen LogP contribution in [0.4, 0.5) is 0 Å². The highest BCUT2D eigenvalue weighted by Gasteiger charge is 2.19. The lowest BCUT2D eigenvalue weighted by Gasteiger charge is -2.20. The van der Waals surface area contributed by atoms with Gasteiger partial charge in [-0.1, -0.05) is 66.7 Å². The van der Waals surface area contributed by atoms with Crippen LogP contribution in [0.1, 0.15) is 98.8 Å². The normalized spacial score (nSPS) is 11.4. The predicted octanol–water partition coefficient (Wildman–Crippen LogP) is 11.3. The Balaban J connectivity index is 2.02. The molecular formula is C38H52O5S. The summed E-state index contributed by atoms with van der Waals surface area (Å²) in [6, 6.07) is 12.9. The Morgan fingerprint density at radius 2 is 0.591 bits per heavy atom. The number of hydrogen-bond acceptors (Lipinski definition) is 6. The molecule has 44 heavy (non-hydrogen) atoms. The van der Waals surface area contributed by atoms with E-state index in [0.717, 1.165) is 130 Å². The fourth-order valence-electron chi connectivity index (χ4n) is 5.22. The van der Waals surface area contributed by atoms with Crippen molar-refractivity contribution in [1.29, 1.82) is 0 Å². The Hall–Kier alpha value is -2.99. The first kappa shape index (κ1) is 33.9. The van der Waals surface area contributed by atoms with E-state index in [2.05, 4.69) is 71.0 Å². The Morgan fingerprint density at radius 1 is 0.364 bits per heavy atom. The lowest BCUT2D eigenvalue weighted by Crippen LogP contribution is -2.04. The van der Waals surface area contributed by atoms with E-state index in [1.807, 2.05) is 0 Å². The van der Waals surface area contributed by atoms with Crippen LogP contribution >= 0.6 is 12.6 Å². The fraction of sp³-hybridized carbons (Fsp3) is 0.526. The molecule has 6 heteroatoms. The number of benzene rings is 4. The van der Waals surface area contributed by atoms with E-state index < -0.39 is 0 Å². The van der Waals surface area contributed by atoms with Crippen molar-refractivity contribution < 1.29 is 23.7 Å². The van der Waals surface area contributed by atoms with E-state index >= 15 is 0 Å². The van der Waals surface area contributed by atoms with Crippen molar-refractivity contribution in [3.63, 3.8) is 0 Å². The molecule has 0 unspecified atom stereocenters. The van der Waals surface area contributed by atoms with Gasteiger partial charge in [0.2, 0.25) is 0 Å². The number of fused-ring (bicyclic) bond motifs is 6. The summed E-state index contributed by atoms with van der Waals surface area (Å²) in [5, 5.41) is 6.56. The van der Waals surface area contributed by atoms with Gasteiger partial charge in [-0.25, -0.2) is 0 Å². The number of rotatable bonds is 20. The summed E-state index contributed by atoms with van der Waals surface area (Å²) >= 11 is 4.88. The van der Waals surface area contributed by atoms with Gasteiger partial charge < -0.3 is 23.7 Å².